The summed E-state index contributed by atoms with van der Waals surface area (Å²) in [5.41, 5.74) is -0.487. The van der Waals surface area contributed by atoms with Crippen LogP contribution < -0.4 is 11.2 Å². The van der Waals surface area contributed by atoms with E-state index in [0.29, 0.717) is 11.2 Å². The molecule has 3 aliphatic rings. The van der Waals surface area contributed by atoms with E-state index >= 15 is 0 Å². The third kappa shape index (κ3) is 5.24. The van der Waals surface area contributed by atoms with Gasteiger partial charge in [0.05, 0.1) is 12.6 Å². The zero-order chi connectivity index (χ0) is 32.3. The molecular weight excluding hydrogens is 599 g/mol. The summed E-state index contributed by atoms with van der Waals surface area (Å²) in [6, 6.07) is 7.94. The van der Waals surface area contributed by atoms with Crippen molar-refractivity contribution >= 4 is 23.0 Å². The van der Waals surface area contributed by atoms with E-state index < -0.39 is 58.8 Å². The first-order valence-electron chi connectivity index (χ1n) is 15.7. The summed E-state index contributed by atoms with van der Waals surface area (Å²) in [7, 11) is -4.01. The monoisotopic (exact) mass is 645 g/mol. The molecule has 4 bridgehead atoms. The van der Waals surface area contributed by atoms with E-state index in [2.05, 4.69) is 55.4 Å². The number of carbonyl (C=O) groups excluding carboxylic acids is 1. The molecule has 5 atom stereocenters. The summed E-state index contributed by atoms with van der Waals surface area (Å²) >= 11 is 0. The fourth-order valence-corrected chi connectivity index (χ4v) is 18.2. The van der Waals surface area contributed by atoms with Gasteiger partial charge in [-0.25, -0.2) is 4.79 Å². The predicted octanol–water partition coefficient (Wildman–Crippen LogP) is 4.47. The molecule has 0 spiro atoms. The molecule has 0 amide bonds. The zero-order valence-corrected chi connectivity index (χ0v) is 29.5. The summed E-state index contributed by atoms with van der Waals surface area (Å²) in [6.45, 7) is 19.2. The van der Waals surface area contributed by atoms with E-state index in [1.807, 2.05) is 7.05 Å². The molecule has 0 saturated carbocycles. The Labute approximate surface area is 261 Å². The van der Waals surface area contributed by atoms with E-state index in [1.165, 1.54) is 10.8 Å². The minimum Gasteiger partial charge on any atom is -0.414 e. The van der Waals surface area contributed by atoms with Crippen molar-refractivity contribution in [2.24, 2.45) is 0 Å². The van der Waals surface area contributed by atoms with Crippen LogP contribution in [0.15, 0.2) is 46.1 Å². The van der Waals surface area contributed by atoms with Gasteiger partial charge < -0.3 is 17.7 Å². The lowest BCUT2D eigenvalue weighted by Gasteiger charge is -2.48. The van der Waals surface area contributed by atoms with Gasteiger partial charge in [0.15, 0.2) is 12.3 Å². The van der Waals surface area contributed by atoms with Gasteiger partial charge in [0, 0.05) is 24.4 Å². The Bertz CT molecular complexity index is 1470. The fourth-order valence-electron chi connectivity index (χ4n) is 7.03. The molecule has 2 unspecified atom stereocenters. The number of nitrogens with zero attached hydrogens (tertiary/aromatic N) is 3. The Morgan fingerprint density at radius 3 is 2.02 bits per heavy atom. The molecule has 5 rings (SSSR count). The maximum atomic E-state index is 14.0. The van der Waals surface area contributed by atoms with Gasteiger partial charge in [-0.2, -0.15) is 9.63 Å². The minimum absolute atomic E-state index is 0.0832. The number of likely N-dealkylation sites (N-methyl/N-ethyl adjacent to an activating group) is 1. The maximum Gasteiger partial charge on any atom is 0.340 e. The Morgan fingerprint density at radius 2 is 1.45 bits per heavy atom. The van der Waals surface area contributed by atoms with Crippen molar-refractivity contribution < 1.29 is 27.3 Å². The lowest BCUT2D eigenvalue weighted by atomic mass is 10.0. The first kappa shape index (κ1) is 33.1. The number of benzene rings is 1. The van der Waals surface area contributed by atoms with E-state index in [-0.39, 0.29) is 39.3 Å². The number of carbonyl (C=O) groups is 1. The number of aryl methyl sites for hydroxylation is 1. The van der Waals surface area contributed by atoms with Crippen LogP contribution in [0.25, 0.3) is 0 Å². The molecule has 3 saturated heterocycles. The van der Waals surface area contributed by atoms with Crippen molar-refractivity contribution in [2.75, 3.05) is 13.7 Å². The topological polar surface area (TPSA) is 110 Å². The van der Waals surface area contributed by atoms with E-state index in [1.54, 1.807) is 42.3 Å². The summed E-state index contributed by atoms with van der Waals surface area (Å²) in [5.74, 6) is -0.700. The number of aromatic nitrogens is 2. The second-order valence-corrected chi connectivity index (χ2v) is 22.4. The van der Waals surface area contributed by atoms with Crippen LogP contribution in [0, 0.1) is 6.92 Å². The molecule has 2 aromatic rings. The van der Waals surface area contributed by atoms with Gasteiger partial charge in [0.25, 0.3) is 11.5 Å². The van der Waals surface area contributed by atoms with Crippen LogP contribution in [0.3, 0.4) is 0 Å². The summed E-state index contributed by atoms with van der Waals surface area (Å²) in [6.07, 6.45) is -1.33. The molecule has 0 N–H and O–H groups in total. The van der Waals surface area contributed by atoms with Crippen molar-refractivity contribution in [3.8, 4) is 0 Å². The van der Waals surface area contributed by atoms with Gasteiger partial charge in [-0.1, -0.05) is 73.6 Å². The average molecular weight is 646 g/mol. The fraction of sp³-hybridized carbons (Fsp3) is 0.645. The van der Waals surface area contributed by atoms with Crippen LogP contribution in [-0.4, -0.2) is 75.2 Å². The predicted molar refractivity (Wildman–Crippen MR) is 170 cm³/mol. The minimum atomic E-state index is -3.03. The van der Waals surface area contributed by atoms with Crippen molar-refractivity contribution in [3.05, 3.63) is 68.5 Å². The van der Waals surface area contributed by atoms with Crippen LogP contribution in [0.2, 0.25) is 22.2 Å². The molecule has 0 radical (unpaired) electrons. The van der Waals surface area contributed by atoms with Gasteiger partial charge in [0.2, 0.25) is 0 Å². The Kier molecular flexibility index (Phi) is 9.17. The van der Waals surface area contributed by atoms with Gasteiger partial charge in [-0.3, -0.25) is 19.0 Å². The number of hydroxylamine groups is 2. The highest BCUT2D eigenvalue weighted by atomic mass is 28.5. The van der Waals surface area contributed by atoms with Gasteiger partial charge in [-0.15, -0.1) is 0 Å². The zero-order valence-electron chi connectivity index (χ0n) is 27.5. The van der Waals surface area contributed by atoms with Crippen molar-refractivity contribution in [2.45, 2.75) is 115 Å². The van der Waals surface area contributed by atoms with E-state index in [9.17, 15) is 14.4 Å². The first-order valence-corrected chi connectivity index (χ1v) is 19.6. The molecule has 0 aliphatic carbocycles. The highest BCUT2D eigenvalue weighted by molar-refractivity contribution is 6.83. The molecule has 44 heavy (non-hydrogen) atoms. The average Bonchev–Trinajstić information content (AvgIpc) is 3.24. The summed E-state index contributed by atoms with van der Waals surface area (Å²) in [5, 5.41) is 1.75. The Balaban J connectivity index is 1.63. The molecule has 4 heterocycles. The third-order valence-corrected chi connectivity index (χ3v) is 19.7. The number of hydrogen-bond donors (Lipinski definition) is 0. The molecule has 1 aromatic carbocycles. The maximum absolute atomic E-state index is 14.0. The Morgan fingerprint density at radius 1 is 0.864 bits per heavy atom. The van der Waals surface area contributed by atoms with Crippen LogP contribution in [0.5, 0.6) is 0 Å². The Hall–Kier alpha value is -2.24. The quantitative estimate of drug-likeness (QED) is 0.420. The van der Waals surface area contributed by atoms with Gasteiger partial charge in [0.1, 0.15) is 12.2 Å². The lowest BCUT2D eigenvalue weighted by molar-refractivity contribution is -0.261. The van der Waals surface area contributed by atoms with Gasteiger partial charge >= 0.3 is 22.8 Å². The standard InChI is InChI=1S/C31H47N3O8Si2/c1-18(2)43(19(3)4)38-17-24-25-26(41-44(42-43,20(5)6)21(7)8)27(40-32(24)10)30(39-25)33-16-22(9)28(35)34(31(33)37)29(36)23-14-12-11-13-15-23/h11-16,18-21,24-27,30H,17H2,1-10H3/t24?,25-,26-,27?,30+/m0/s1. The lowest BCUT2D eigenvalue weighted by Crippen LogP contribution is -2.63. The molecule has 3 aliphatic heterocycles. The molecule has 11 nitrogen and oxygen atoms in total. The highest BCUT2D eigenvalue weighted by Crippen LogP contribution is 2.50. The van der Waals surface area contributed by atoms with Crippen molar-refractivity contribution in [1.82, 2.24) is 14.2 Å². The molecule has 242 valence electrons. The number of ether oxygens (including phenoxy) is 1. The number of hydrogen-bond acceptors (Lipinski definition) is 9. The highest BCUT2D eigenvalue weighted by Gasteiger charge is 2.64. The van der Waals surface area contributed by atoms with Crippen molar-refractivity contribution in [3.63, 3.8) is 0 Å². The van der Waals surface area contributed by atoms with Gasteiger partial charge in [-0.05, 0) is 41.2 Å². The third-order valence-electron chi connectivity index (χ3n) is 9.48. The smallest absolute Gasteiger partial charge is 0.340 e. The SMILES string of the molecule is Cc1cn([C@@H]2O[C@H]3C4CO[Si](C(C)C)(C(C)C)O[Si](C(C)C)(C(C)C)O[C@@H]3C2ON4C)c(=O)n(C(=O)c2ccccc2)c1=O. The molecule has 3 fully saturated rings. The van der Waals surface area contributed by atoms with Crippen LogP contribution in [0.1, 0.15) is 77.5 Å². The molecule has 1 aromatic heterocycles. The van der Waals surface area contributed by atoms with Crippen molar-refractivity contribution in [1.29, 1.82) is 0 Å². The first-order chi connectivity index (χ1) is 20.7. The second-order valence-electron chi connectivity index (χ2n) is 13.5. The molecule has 13 heteroatoms. The summed E-state index contributed by atoms with van der Waals surface area (Å²) in [4.78, 5) is 47.1. The number of rotatable bonds is 6. The normalized spacial score (nSPS) is 28.4. The van der Waals surface area contributed by atoms with E-state index in [4.69, 9.17) is 22.5 Å². The van der Waals surface area contributed by atoms with Crippen LogP contribution >= 0.6 is 0 Å². The van der Waals surface area contributed by atoms with Crippen LogP contribution in [0.4, 0.5) is 0 Å². The largest absolute Gasteiger partial charge is 0.414 e. The second kappa shape index (κ2) is 12.2. The summed E-state index contributed by atoms with van der Waals surface area (Å²) < 4.78 is 30.3. The van der Waals surface area contributed by atoms with Crippen LogP contribution in [-0.2, 0) is 22.5 Å². The van der Waals surface area contributed by atoms with E-state index in [0.717, 1.165) is 0 Å². The molecular formula is C31H47N3O8Si2.